The highest BCUT2D eigenvalue weighted by atomic mass is 16.5. The number of furan rings is 1. The van der Waals surface area contributed by atoms with E-state index in [-0.39, 0.29) is 11.6 Å². The van der Waals surface area contributed by atoms with Gasteiger partial charge < -0.3 is 14.5 Å². The molecule has 20 heavy (non-hydrogen) atoms. The Labute approximate surface area is 120 Å². The fourth-order valence-corrected chi connectivity index (χ4v) is 3.08. The zero-order valence-electron chi connectivity index (χ0n) is 12.3. The third-order valence-corrected chi connectivity index (χ3v) is 4.19. The Morgan fingerprint density at radius 1 is 1.35 bits per heavy atom. The van der Waals surface area contributed by atoms with Crippen molar-refractivity contribution in [1.29, 1.82) is 0 Å². The lowest BCUT2D eigenvalue weighted by Crippen LogP contribution is -2.41. The summed E-state index contributed by atoms with van der Waals surface area (Å²) in [6.45, 7) is 6.20. The van der Waals surface area contributed by atoms with Gasteiger partial charge in [0, 0.05) is 12.0 Å². The van der Waals surface area contributed by atoms with Crippen LogP contribution in [0.2, 0.25) is 0 Å². The molecule has 0 bridgehead atoms. The Morgan fingerprint density at radius 3 is 2.90 bits per heavy atom. The second-order valence-corrected chi connectivity index (χ2v) is 5.84. The van der Waals surface area contributed by atoms with Gasteiger partial charge in [0.25, 0.3) is 0 Å². The van der Waals surface area contributed by atoms with Crippen LogP contribution in [0.25, 0.3) is 11.0 Å². The van der Waals surface area contributed by atoms with Crippen LogP contribution in [-0.4, -0.2) is 18.8 Å². The van der Waals surface area contributed by atoms with E-state index >= 15 is 0 Å². The lowest BCUT2D eigenvalue weighted by Gasteiger charge is -2.32. The van der Waals surface area contributed by atoms with Crippen molar-refractivity contribution in [2.24, 2.45) is 0 Å². The van der Waals surface area contributed by atoms with E-state index in [0.29, 0.717) is 0 Å². The molecule has 108 valence electrons. The molecule has 1 aliphatic heterocycles. The molecular weight excluding hydrogens is 250 g/mol. The number of nitrogens with one attached hydrogen (secondary N) is 1. The molecule has 1 aliphatic rings. The second kappa shape index (κ2) is 5.58. The lowest BCUT2D eigenvalue weighted by molar-refractivity contribution is -0.0176. The van der Waals surface area contributed by atoms with E-state index in [1.54, 1.807) is 0 Å². The highest BCUT2D eigenvalue weighted by Crippen LogP contribution is 2.39. The van der Waals surface area contributed by atoms with Gasteiger partial charge >= 0.3 is 0 Å². The SMILES string of the molecule is CCCNC(c1cc2ccccc2o1)C1(C)CCCO1. The van der Waals surface area contributed by atoms with Crippen molar-refractivity contribution in [2.45, 2.75) is 44.8 Å². The highest BCUT2D eigenvalue weighted by Gasteiger charge is 2.40. The topological polar surface area (TPSA) is 34.4 Å². The minimum atomic E-state index is -0.164. The van der Waals surface area contributed by atoms with E-state index in [1.807, 2.05) is 18.2 Å². The van der Waals surface area contributed by atoms with Crippen molar-refractivity contribution in [3.63, 3.8) is 0 Å². The van der Waals surface area contributed by atoms with Gasteiger partial charge in [-0.3, -0.25) is 0 Å². The predicted octanol–water partition coefficient (Wildman–Crippen LogP) is 4.04. The second-order valence-electron chi connectivity index (χ2n) is 5.84. The van der Waals surface area contributed by atoms with Gasteiger partial charge in [-0.2, -0.15) is 0 Å². The van der Waals surface area contributed by atoms with E-state index < -0.39 is 0 Å². The summed E-state index contributed by atoms with van der Waals surface area (Å²) in [4.78, 5) is 0. The van der Waals surface area contributed by atoms with Gasteiger partial charge in [-0.25, -0.2) is 0 Å². The number of hydrogen-bond acceptors (Lipinski definition) is 3. The molecule has 2 unspecified atom stereocenters. The minimum Gasteiger partial charge on any atom is -0.459 e. The van der Waals surface area contributed by atoms with Crippen LogP contribution in [0.15, 0.2) is 34.7 Å². The average molecular weight is 273 g/mol. The molecule has 3 rings (SSSR count). The first-order valence-electron chi connectivity index (χ1n) is 7.59. The number of ether oxygens (including phenoxy) is 1. The maximum atomic E-state index is 6.06. The first-order chi connectivity index (χ1) is 9.73. The van der Waals surface area contributed by atoms with Crippen LogP contribution in [0.5, 0.6) is 0 Å². The summed E-state index contributed by atoms with van der Waals surface area (Å²) in [7, 11) is 0. The van der Waals surface area contributed by atoms with Gasteiger partial charge in [-0.05, 0) is 44.9 Å². The van der Waals surface area contributed by atoms with E-state index in [4.69, 9.17) is 9.15 Å². The fraction of sp³-hybridized carbons (Fsp3) is 0.529. The summed E-state index contributed by atoms with van der Waals surface area (Å²) in [6.07, 6.45) is 3.30. The van der Waals surface area contributed by atoms with Crippen LogP contribution in [0.3, 0.4) is 0 Å². The average Bonchev–Trinajstić information content (AvgIpc) is 3.06. The molecule has 1 aromatic heterocycles. The Morgan fingerprint density at radius 2 is 2.20 bits per heavy atom. The van der Waals surface area contributed by atoms with Crippen molar-refractivity contribution in [3.05, 3.63) is 36.1 Å². The molecule has 0 aliphatic carbocycles. The number of para-hydroxylation sites is 1. The molecule has 3 nitrogen and oxygen atoms in total. The summed E-state index contributed by atoms with van der Waals surface area (Å²) in [5.41, 5.74) is 0.788. The first-order valence-corrected chi connectivity index (χ1v) is 7.59. The van der Waals surface area contributed by atoms with Gasteiger partial charge in [0.05, 0.1) is 11.6 Å². The predicted molar refractivity (Wildman–Crippen MR) is 80.8 cm³/mol. The van der Waals surface area contributed by atoms with Crippen LogP contribution < -0.4 is 5.32 Å². The first kappa shape index (κ1) is 13.7. The fourth-order valence-electron chi connectivity index (χ4n) is 3.08. The Kier molecular flexibility index (Phi) is 3.81. The summed E-state index contributed by atoms with van der Waals surface area (Å²) in [6, 6.07) is 10.4. The van der Waals surface area contributed by atoms with Crippen LogP contribution >= 0.6 is 0 Å². The Bertz CT molecular complexity index is 536. The molecule has 2 heterocycles. The van der Waals surface area contributed by atoms with Gasteiger partial charge in [-0.1, -0.05) is 25.1 Å². The molecule has 1 fully saturated rings. The number of fused-ring (bicyclic) bond motifs is 1. The minimum absolute atomic E-state index is 0.123. The number of rotatable bonds is 5. The molecule has 1 aromatic carbocycles. The zero-order valence-corrected chi connectivity index (χ0v) is 12.3. The van der Waals surface area contributed by atoms with Gasteiger partial charge in [0.1, 0.15) is 11.3 Å². The summed E-state index contributed by atoms with van der Waals surface area (Å²) < 4.78 is 12.1. The lowest BCUT2D eigenvalue weighted by atomic mass is 9.91. The molecule has 1 N–H and O–H groups in total. The quantitative estimate of drug-likeness (QED) is 0.892. The van der Waals surface area contributed by atoms with Crippen LogP contribution in [0.1, 0.15) is 44.9 Å². The van der Waals surface area contributed by atoms with E-state index in [1.165, 1.54) is 0 Å². The largest absolute Gasteiger partial charge is 0.459 e. The van der Waals surface area contributed by atoms with Crippen molar-refractivity contribution < 1.29 is 9.15 Å². The third kappa shape index (κ3) is 2.48. The maximum absolute atomic E-state index is 6.06. The normalized spacial score (nSPS) is 24.3. The van der Waals surface area contributed by atoms with Crippen molar-refractivity contribution >= 4 is 11.0 Å². The van der Waals surface area contributed by atoms with Gasteiger partial charge in [-0.15, -0.1) is 0 Å². The molecule has 0 radical (unpaired) electrons. The van der Waals surface area contributed by atoms with Crippen molar-refractivity contribution in [2.75, 3.05) is 13.2 Å². The molecule has 0 saturated carbocycles. The molecule has 1 saturated heterocycles. The summed E-state index contributed by atoms with van der Waals surface area (Å²) in [5.74, 6) is 0.990. The molecule has 0 spiro atoms. The summed E-state index contributed by atoms with van der Waals surface area (Å²) >= 11 is 0. The highest BCUT2D eigenvalue weighted by molar-refractivity contribution is 5.77. The van der Waals surface area contributed by atoms with Crippen LogP contribution in [-0.2, 0) is 4.74 Å². The zero-order chi connectivity index (χ0) is 14.0. The van der Waals surface area contributed by atoms with Crippen molar-refractivity contribution in [1.82, 2.24) is 5.32 Å². The monoisotopic (exact) mass is 273 g/mol. The van der Waals surface area contributed by atoms with Crippen LogP contribution in [0, 0.1) is 0 Å². The molecule has 3 heteroatoms. The maximum Gasteiger partial charge on any atom is 0.134 e. The number of hydrogen-bond donors (Lipinski definition) is 1. The molecule has 2 aromatic rings. The van der Waals surface area contributed by atoms with E-state index in [9.17, 15) is 0 Å². The number of benzene rings is 1. The summed E-state index contributed by atoms with van der Waals surface area (Å²) in [5, 5.41) is 4.77. The van der Waals surface area contributed by atoms with E-state index in [0.717, 1.165) is 49.1 Å². The molecule has 2 atom stereocenters. The Hall–Kier alpha value is -1.32. The Balaban J connectivity index is 1.95. The molecular formula is C17H23NO2. The van der Waals surface area contributed by atoms with Gasteiger partial charge in [0.15, 0.2) is 0 Å². The smallest absolute Gasteiger partial charge is 0.134 e. The third-order valence-electron chi connectivity index (χ3n) is 4.19. The van der Waals surface area contributed by atoms with Gasteiger partial charge in [0.2, 0.25) is 0 Å². The molecule has 0 amide bonds. The standard InChI is InChI=1S/C17H23NO2/c1-3-10-18-16(17(2)9-6-11-19-17)15-12-13-7-4-5-8-14(13)20-15/h4-5,7-8,12,16,18H,3,6,9-11H2,1-2H3. The van der Waals surface area contributed by atoms with E-state index in [2.05, 4.69) is 31.3 Å². The van der Waals surface area contributed by atoms with Crippen molar-refractivity contribution in [3.8, 4) is 0 Å². The van der Waals surface area contributed by atoms with Crippen LogP contribution in [0.4, 0.5) is 0 Å².